The van der Waals surface area contributed by atoms with Gasteiger partial charge in [0.15, 0.2) is 11.6 Å². The van der Waals surface area contributed by atoms with Crippen molar-refractivity contribution in [2.75, 3.05) is 26.8 Å². The molecule has 0 unspecified atom stereocenters. The van der Waals surface area contributed by atoms with Gasteiger partial charge in [-0.1, -0.05) is 0 Å². The Morgan fingerprint density at radius 1 is 1.12 bits per heavy atom. The van der Waals surface area contributed by atoms with Gasteiger partial charge in [-0.25, -0.2) is 13.8 Å². The van der Waals surface area contributed by atoms with Crippen molar-refractivity contribution in [3.05, 3.63) is 74.8 Å². The number of hydrogen-bond donors (Lipinski definition) is 2. The third-order valence-corrected chi connectivity index (χ3v) is 10.6. The molecule has 3 aromatic rings. The topological polar surface area (TPSA) is 92.8 Å². The highest BCUT2D eigenvalue weighted by Crippen LogP contribution is 2.48. The van der Waals surface area contributed by atoms with Gasteiger partial charge < -0.3 is 25.0 Å². The van der Waals surface area contributed by atoms with Crippen LogP contribution in [0.5, 0.6) is 11.5 Å². The van der Waals surface area contributed by atoms with Crippen LogP contribution in [0.2, 0.25) is 0 Å². The highest BCUT2D eigenvalue weighted by Gasteiger charge is 2.51. The van der Waals surface area contributed by atoms with Gasteiger partial charge in [0.1, 0.15) is 35.1 Å². The normalized spacial score (nSPS) is 20.8. The molecular formula is C38H39F5N4O4. The van der Waals surface area contributed by atoms with Gasteiger partial charge in [-0.3, -0.25) is 9.59 Å². The summed E-state index contributed by atoms with van der Waals surface area (Å²) in [6.07, 6.45) is 0.699. The molecule has 1 aromatic heterocycles. The number of carbonyl (C=O) groups is 2. The molecule has 2 aliphatic heterocycles. The number of methoxy groups -OCH3 is 1. The fourth-order valence-electron chi connectivity index (χ4n) is 6.98. The SMILES string of the molecule is COc1cc(C(=O)NC[C@H](c2cc3c(c(-c4ccc(F)c(F)c4C)n2)OC[C@]3(C)C(=O)NC2(C)CC2)C(F)(F)F)cc2c1=C(C)CN(C1CC1)C=2. The van der Waals surface area contributed by atoms with Gasteiger partial charge in [-0.05, 0) is 94.8 Å². The number of pyridine rings is 1. The first-order chi connectivity index (χ1) is 24.0. The lowest BCUT2D eigenvalue weighted by atomic mass is 9.81. The molecule has 2 N–H and O–H groups in total. The predicted molar refractivity (Wildman–Crippen MR) is 180 cm³/mol. The van der Waals surface area contributed by atoms with Gasteiger partial charge in [-0.2, -0.15) is 13.2 Å². The Kier molecular flexibility index (Phi) is 8.33. The van der Waals surface area contributed by atoms with E-state index in [9.17, 15) is 31.5 Å². The van der Waals surface area contributed by atoms with E-state index in [0.717, 1.165) is 54.3 Å². The summed E-state index contributed by atoms with van der Waals surface area (Å²) in [6, 6.07) is 6.84. The number of fused-ring (bicyclic) bond motifs is 2. The van der Waals surface area contributed by atoms with Gasteiger partial charge in [-0.15, -0.1) is 0 Å². The molecule has 2 amide bonds. The molecule has 270 valence electrons. The van der Waals surface area contributed by atoms with Gasteiger partial charge >= 0.3 is 6.18 Å². The third-order valence-electron chi connectivity index (χ3n) is 10.6. The van der Waals surface area contributed by atoms with Gasteiger partial charge in [0.2, 0.25) is 5.91 Å². The number of amides is 2. The van der Waals surface area contributed by atoms with Crippen LogP contribution in [0.25, 0.3) is 23.0 Å². The van der Waals surface area contributed by atoms with Gasteiger partial charge in [0, 0.05) is 58.0 Å². The molecule has 2 aromatic carbocycles. The minimum absolute atomic E-state index is 0.0144. The summed E-state index contributed by atoms with van der Waals surface area (Å²) in [4.78, 5) is 33.8. The fraction of sp³-hybridized carbons (Fsp3) is 0.447. The van der Waals surface area contributed by atoms with Gasteiger partial charge in [0.05, 0.1) is 12.8 Å². The highest BCUT2D eigenvalue weighted by atomic mass is 19.4. The van der Waals surface area contributed by atoms with Crippen LogP contribution in [0.15, 0.2) is 30.3 Å². The van der Waals surface area contributed by atoms with Crippen LogP contribution < -0.4 is 30.5 Å². The number of alkyl halides is 3. The van der Waals surface area contributed by atoms with E-state index < -0.39 is 58.7 Å². The standard InChI is InChI=1S/C38H39F5N4O4/c1-19-16-47(23-6-7-23)17-22-12-21(13-29(50-5)30(19)22)34(48)44-15-26(38(41,42)43)28-14-25-33(32(45-28)24-8-9-27(39)31(40)20(24)2)51-18-37(25,4)35(49)46-36(3)10-11-36/h8-9,12-14,17,23,26H,6-7,10-11,15-16,18H2,1-5H3,(H,44,48)(H,46,49)/t26-,37+/m1/s1. The molecule has 51 heavy (non-hydrogen) atoms. The Hall–Kier alpha value is -4.68. The summed E-state index contributed by atoms with van der Waals surface area (Å²) in [5, 5.41) is 7.02. The maximum Gasteiger partial charge on any atom is 0.398 e. The number of carbonyl (C=O) groups excluding carboxylic acids is 2. The van der Waals surface area contributed by atoms with Crippen LogP contribution in [0.4, 0.5) is 22.0 Å². The predicted octanol–water partition coefficient (Wildman–Crippen LogP) is 5.13. The van der Waals surface area contributed by atoms with Crippen LogP contribution in [-0.2, 0) is 10.2 Å². The average Bonchev–Trinajstić information content (AvgIpc) is 4.02. The molecule has 0 spiro atoms. The van der Waals surface area contributed by atoms with E-state index in [-0.39, 0.29) is 40.3 Å². The molecule has 8 nitrogen and oxygen atoms in total. The first kappa shape index (κ1) is 34.8. The van der Waals surface area contributed by atoms with E-state index in [1.54, 1.807) is 13.0 Å². The average molecular weight is 711 g/mol. The summed E-state index contributed by atoms with van der Waals surface area (Å²) in [7, 11) is 1.48. The number of nitrogens with one attached hydrogen (secondary N) is 2. The van der Waals surface area contributed by atoms with Crippen molar-refractivity contribution >= 4 is 23.6 Å². The van der Waals surface area contributed by atoms with Crippen LogP contribution >= 0.6 is 0 Å². The van der Waals surface area contributed by atoms with Crippen molar-refractivity contribution in [1.29, 1.82) is 0 Å². The van der Waals surface area contributed by atoms with Crippen molar-refractivity contribution < 1.29 is 41.0 Å². The minimum atomic E-state index is -4.91. The summed E-state index contributed by atoms with van der Waals surface area (Å²) < 4.78 is 85.5. The molecule has 4 aliphatic rings. The van der Waals surface area contributed by atoms with Crippen LogP contribution in [-0.4, -0.2) is 66.3 Å². The summed E-state index contributed by atoms with van der Waals surface area (Å²) in [5.41, 5.74) is -1.36. The molecule has 0 bridgehead atoms. The Bertz CT molecular complexity index is 2090. The zero-order valence-corrected chi connectivity index (χ0v) is 29.0. The number of nitrogens with zero attached hydrogens (tertiary/aromatic N) is 2. The van der Waals surface area contributed by atoms with E-state index in [1.165, 1.54) is 32.2 Å². The molecule has 0 saturated heterocycles. The number of ether oxygens (including phenoxy) is 2. The van der Waals surface area contributed by atoms with Crippen molar-refractivity contribution in [2.45, 2.75) is 82.5 Å². The molecule has 2 atom stereocenters. The highest BCUT2D eigenvalue weighted by molar-refractivity contribution is 5.95. The number of rotatable bonds is 9. The zero-order valence-electron chi connectivity index (χ0n) is 29.0. The summed E-state index contributed by atoms with van der Waals surface area (Å²) in [5.74, 6) is -5.37. The lowest BCUT2D eigenvalue weighted by molar-refractivity contribution is -0.149. The maximum absolute atomic E-state index is 15.0. The smallest absolute Gasteiger partial charge is 0.398 e. The number of benzene rings is 2. The Morgan fingerprint density at radius 2 is 1.84 bits per heavy atom. The van der Waals surface area contributed by atoms with Crippen LogP contribution in [0.3, 0.4) is 0 Å². The van der Waals surface area contributed by atoms with Crippen LogP contribution in [0, 0.1) is 18.6 Å². The third kappa shape index (κ3) is 6.29. The van der Waals surface area contributed by atoms with Crippen molar-refractivity contribution in [2.24, 2.45) is 0 Å². The Morgan fingerprint density at radius 3 is 2.49 bits per heavy atom. The first-order valence-corrected chi connectivity index (χ1v) is 17.0. The number of hydrogen-bond acceptors (Lipinski definition) is 6. The molecule has 0 radical (unpaired) electrons. The fourth-order valence-corrected chi connectivity index (χ4v) is 6.98. The quantitative estimate of drug-likeness (QED) is 0.300. The van der Waals surface area contributed by atoms with Crippen molar-refractivity contribution in [3.63, 3.8) is 0 Å². The first-order valence-electron chi connectivity index (χ1n) is 17.0. The van der Waals surface area contributed by atoms with E-state index in [0.29, 0.717) is 11.8 Å². The molecule has 2 saturated carbocycles. The molecule has 13 heteroatoms. The summed E-state index contributed by atoms with van der Waals surface area (Å²) in [6.45, 7) is 6.35. The van der Waals surface area contributed by atoms with Crippen molar-refractivity contribution in [1.82, 2.24) is 20.5 Å². The summed E-state index contributed by atoms with van der Waals surface area (Å²) >= 11 is 0. The Labute approximate surface area is 291 Å². The second-order valence-corrected chi connectivity index (χ2v) is 14.7. The van der Waals surface area contributed by atoms with Gasteiger partial charge in [0.25, 0.3) is 5.91 Å². The molecule has 2 fully saturated rings. The van der Waals surface area contributed by atoms with E-state index >= 15 is 0 Å². The number of aromatic nitrogens is 1. The monoisotopic (exact) mass is 710 g/mol. The Balaban J connectivity index is 1.28. The lowest BCUT2D eigenvalue weighted by Gasteiger charge is -2.26. The minimum Gasteiger partial charge on any atom is -0.496 e. The van der Waals surface area contributed by atoms with E-state index in [2.05, 4.69) is 20.5 Å². The van der Waals surface area contributed by atoms with E-state index in [4.69, 9.17) is 9.47 Å². The molecular weight excluding hydrogens is 671 g/mol. The molecule has 7 rings (SSSR count). The lowest BCUT2D eigenvalue weighted by Crippen LogP contribution is -2.48. The van der Waals surface area contributed by atoms with Crippen LogP contribution in [0.1, 0.15) is 79.6 Å². The zero-order chi connectivity index (χ0) is 36.6. The molecule has 3 heterocycles. The van der Waals surface area contributed by atoms with Crippen molar-refractivity contribution in [3.8, 4) is 22.8 Å². The largest absolute Gasteiger partial charge is 0.496 e. The molecule has 2 aliphatic carbocycles. The number of halogens is 5. The second-order valence-electron chi connectivity index (χ2n) is 14.7. The van der Waals surface area contributed by atoms with E-state index in [1.807, 2.05) is 20.0 Å². The second kappa shape index (κ2) is 12.2. The maximum atomic E-state index is 15.0.